The van der Waals surface area contributed by atoms with E-state index in [1.165, 1.54) is 5.56 Å². The van der Waals surface area contributed by atoms with Crippen LogP contribution in [0.2, 0.25) is 0 Å². The first-order valence-electron chi connectivity index (χ1n) is 8.41. The van der Waals surface area contributed by atoms with Crippen LogP contribution in [0.4, 0.5) is 5.69 Å². The number of aliphatic imine (C=N–C) groups is 1. The normalized spacial score (nSPS) is 11.4. The average Bonchev–Trinajstić information content (AvgIpc) is 3.05. The summed E-state index contributed by atoms with van der Waals surface area (Å²) in [6.45, 7) is 3.29. The van der Waals surface area contributed by atoms with Gasteiger partial charge in [0, 0.05) is 18.9 Å². The van der Waals surface area contributed by atoms with Crippen LogP contribution in [0.1, 0.15) is 17.0 Å². The van der Waals surface area contributed by atoms with Crippen molar-refractivity contribution in [2.45, 2.75) is 20.0 Å². The van der Waals surface area contributed by atoms with Gasteiger partial charge < -0.3 is 20.4 Å². The molecule has 0 spiro atoms. The van der Waals surface area contributed by atoms with Gasteiger partial charge in [0.15, 0.2) is 5.96 Å². The van der Waals surface area contributed by atoms with E-state index in [1.54, 1.807) is 7.11 Å². The number of nitrogens with zero attached hydrogens (tertiary/aromatic N) is 3. The average molecular weight is 349 g/mol. The number of hydrogen-bond acceptors (Lipinski definition) is 3. The minimum Gasteiger partial charge on any atom is -0.495 e. The maximum absolute atomic E-state index is 6.02. The number of anilines is 1. The number of nitrogens with two attached hydrogens (primary N) is 1. The van der Waals surface area contributed by atoms with Crippen molar-refractivity contribution < 1.29 is 4.74 Å². The molecular formula is C20H23N5O. The molecule has 6 heteroatoms. The lowest BCUT2D eigenvalue weighted by molar-refractivity contribution is 0.417. The third kappa shape index (κ3) is 4.42. The predicted octanol–water partition coefficient (Wildman–Crippen LogP) is 3.18. The van der Waals surface area contributed by atoms with Gasteiger partial charge in [-0.2, -0.15) is 0 Å². The lowest BCUT2D eigenvalue weighted by Crippen LogP contribution is -2.22. The maximum Gasteiger partial charge on any atom is 0.193 e. The summed E-state index contributed by atoms with van der Waals surface area (Å²) in [5.41, 5.74) is 9.11. The molecule has 0 atom stereocenters. The van der Waals surface area contributed by atoms with Crippen LogP contribution in [-0.2, 0) is 13.1 Å². The SMILES string of the molecule is COc1ccccc1NC(N)=NCc1cccc(Cn2ccnc2C)c1. The van der Waals surface area contributed by atoms with Crippen molar-refractivity contribution in [2.24, 2.45) is 10.7 Å². The summed E-state index contributed by atoms with van der Waals surface area (Å²) in [7, 11) is 1.63. The second kappa shape index (κ2) is 8.20. The summed E-state index contributed by atoms with van der Waals surface area (Å²) < 4.78 is 7.41. The Morgan fingerprint density at radius 3 is 2.77 bits per heavy atom. The van der Waals surface area contributed by atoms with Crippen LogP contribution < -0.4 is 15.8 Å². The summed E-state index contributed by atoms with van der Waals surface area (Å²) in [5.74, 6) is 2.08. The highest BCUT2D eigenvalue weighted by molar-refractivity contribution is 5.93. The lowest BCUT2D eigenvalue weighted by atomic mass is 10.1. The number of rotatable bonds is 6. The molecule has 0 radical (unpaired) electrons. The molecule has 0 bridgehead atoms. The number of para-hydroxylation sites is 2. The smallest absolute Gasteiger partial charge is 0.193 e. The van der Waals surface area contributed by atoms with Crippen molar-refractivity contribution in [3.8, 4) is 5.75 Å². The highest BCUT2D eigenvalue weighted by atomic mass is 16.5. The van der Waals surface area contributed by atoms with Gasteiger partial charge in [0.1, 0.15) is 11.6 Å². The fraction of sp³-hybridized carbons (Fsp3) is 0.200. The van der Waals surface area contributed by atoms with E-state index in [-0.39, 0.29) is 0 Å². The highest BCUT2D eigenvalue weighted by Crippen LogP contribution is 2.22. The Kier molecular flexibility index (Phi) is 5.53. The van der Waals surface area contributed by atoms with E-state index in [0.717, 1.165) is 29.4 Å². The summed E-state index contributed by atoms with van der Waals surface area (Å²) in [6.07, 6.45) is 3.79. The molecule has 3 aromatic rings. The van der Waals surface area contributed by atoms with Crippen LogP contribution in [0.15, 0.2) is 65.9 Å². The number of aryl methyl sites for hydroxylation is 1. The van der Waals surface area contributed by atoms with E-state index < -0.39 is 0 Å². The molecule has 3 rings (SSSR count). The molecule has 3 N–H and O–H groups in total. The number of imidazole rings is 1. The van der Waals surface area contributed by atoms with Gasteiger partial charge in [-0.15, -0.1) is 0 Å². The molecule has 2 aromatic carbocycles. The molecular weight excluding hydrogens is 326 g/mol. The second-order valence-corrected chi connectivity index (χ2v) is 5.95. The Bertz CT molecular complexity index is 900. The Morgan fingerprint density at radius 2 is 2.00 bits per heavy atom. The highest BCUT2D eigenvalue weighted by Gasteiger charge is 2.03. The molecule has 0 aliphatic carbocycles. The third-order valence-corrected chi connectivity index (χ3v) is 4.07. The fourth-order valence-corrected chi connectivity index (χ4v) is 2.70. The van der Waals surface area contributed by atoms with Crippen LogP contribution in [0.5, 0.6) is 5.75 Å². The molecule has 0 aliphatic heterocycles. The molecule has 0 saturated heterocycles. The van der Waals surface area contributed by atoms with Crippen molar-refractivity contribution in [3.05, 3.63) is 77.9 Å². The van der Waals surface area contributed by atoms with Gasteiger partial charge in [0.05, 0.1) is 19.3 Å². The van der Waals surface area contributed by atoms with Gasteiger partial charge in [-0.25, -0.2) is 9.98 Å². The molecule has 0 amide bonds. The zero-order chi connectivity index (χ0) is 18.4. The minimum absolute atomic E-state index is 0.352. The van der Waals surface area contributed by atoms with E-state index in [0.29, 0.717) is 12.5 Å². The molecule has 0 aliphatic rings. The van der Waals surface area contributed by atoms with Gasteiger partial charge >= 0.3 is 0 Å². The standard InChI is InChI=1S/C20H23N5O/c1-15-22-10-11-25(15)14-17-7-5-6-16(12-17)13-23-20(21)24-18-8-3-4-9-19(18)26-2/h3-12H,13-14H2,1-2H3,(H3,21,23,24). The molecule has 0 unspecified atom stereocenters. The Hall–Kier alpha value is -3.28. The summed E-state index contributed by atoms with van der Waals surface area (Å²) in [6, 6.07) is 15.9. The molecule has 0 saturated carbocycles. The quantitative estimate of drug-likeness (QED) is 0.529. The molecule has 1 aromatic heterocycles. The predicted molar refractivity (Wildman–Crippen MR) is 104 cm³/mol. The zero-order valence-corrected chi connectivity index (χ0v) is 15.0. The van der Waals surface area contributed by atoms with Crippen molar-refractivity contribution in [2.75, 3.05) is 12.4 Å². The fourth-order valence-electron chi connectivity index (χ4n) is 2.70. The first kappa shape index (κ1) is 17.5. The summed E-state index contributed by atoms with van der Waals surface area (Å²) in [5, 5.41) is 3.08. The van der Waals surface area contributed by atoms with Gasteiger partial charge in [-0.1, -0.05) is 36.4 Å². The number of methoxy groups -OCH3 is 1. The minimum atomic E-state index is 0.352. The molecule has 1 heterocycles. The number of hydrogen-bond donors (Lipinski definition) is 2. The number of nitrogens with one attached hydrogen (secondary N) is 1. The van der Waals surface area contributed by atoms with E-state index >= 15 is 0 Å². The third-order valence-electron chi connectivity index (χ3n) is 4.07. The summed E-state index contributed by atoms with van der Waals surface area (Å²) >= 11 is 0. The van der Waals surface area contributed by atoms with E-state index in [4.69, 9.17) is 10.5 Å². The van der Waals surface area contributed by atoms with E-state index in [9.17, 15) is 0 Å². The number of ether oxygens (including phenoxy) is 1. The summed E-state index contributed by atoms with van der Waals surface area (Å²) in [4.78, 5) is 8.68. The first-order chi connectivity index (χ1) is 12.7. The van der Waals surface area contributed by atoms with Crippen molar-refractivity contribution in [1.82, 2.24) is 9.55 Å². The monoisotopic (exact) mass is 349 g/mol. The van der Waals surface area contributed by atoms with Gasteiger partial charge in [-0.05, 0) is 30.2 Å². The Labute approximate surface area is 153 Å². The first-order valence-corrected chi connectivity index (χ1v) is 8.41. The van der Waals surface area contributed by atoms with Crippen LogP contribution in [0.3, 0.4) is 0 Å². The lowest BCUT2D eigenvalue weighted by Gasteiger charge is -2.10. The van der Waals surface area contributed by atoms with E-state index in [1.807, 2.05) is 55.7 Å². The molecule has 6 nitrogen and oxygen atoms in total. The number of aromatic nitrogens is 2. The molecule has 0 fully saturated rings. The van der Waals surface area contributed by atoms with Crippen LogP contribution in [-0.4, -0.2) is 22.6 Å². The van der Waals surface area contributed by atoms with Crippen LogP contribution in [0, 0.1) is 6.92 Å². The van der Waals surface area contributed by atoms with Crippen LogP contribution in [0.25, 0.3) is 0 Å². The topological polar surface area (TPSA) is 77.5 Å². The van der Waals surface area contributed by atoms with Crippen molar-refractivity contribution >= 4 is 11.6 Å². The second-order valence-electron chi connectivity index (χ2n) is 5.95. The zero-order valence-electron chi connectivity index (χ0n) is 15.0. The van der Waals surface area contributed by atoms with Gasteiger partial charge in [0.25, 0.3) is 0 Å². The van der Waals surface area contributed by atoms with Crippen molar-refractivity contribution in [1.29, 1.82) is 0 Å². The number of benzene rings is 2. The number of guanidine groups is 1. The van der Waals surface area contributed by atoms with Gasteiger partial charge in [0.2, 0.25) is 0 Å². The molecule has 134 valence electrons. The molecule has 26 heavy (non-hydrogen) atoms. The Balaban J connectivity index is 1.66. The van der Waals surface area contributed by atoms with E-state index in [2.05, 4.69) is 32.0 Å². The largest absolute Gasteiger partial charge is 0.495 e. The Morgan fingerprint density at radius 1 is 1.19 bits per heavy atom. The van der Waals surface area contributed by atoms with Gasteiger partial charge in [-0.3, -0.25) is 0 Å². The van der Waals surface area contributed by atoms with Crippen molar-refractivity contribution in [3.63, 3.8) is 0 Å². The van der Waals surface area contributed by atoms with Crippen LogP contribution >= 0.6 is 0 Å². The maximum atomic E-state index is 6.02.